The Balaban J connectivity index is 2.30. The highest BCUT2D eigenvalue weighted by atomic mass is 15.1. The second-order valence-corrected chi connectivity index (χ2v) is 6.45. The molecule has 0 fully saturated rings. The predicted molar refractivity (Wildman–Crippen MR) is 88.7 cm³/mol. The van der Waals surface area contributed by atoms with Crippen LogP contribution in [0.25, 0.3) is 0 Å². The van der Waals surface area contributed by atoms with Crippen LogP contribution in [0.5, 0.6) is 0 Å². The average molecular weight is 276 g/mol. The molecule has 2 nitrogen and oxygen atoms in total. The van der Waals surface area contributed by atoms with E-state index in [0.717, 1.165) is 24.9 Å². The zero-order valence-corrected chi connectivity index (χ0v) is 13.7. The van der Waals surface area contributed by atoms with Gasteiger partial charge >= 0.3 is 0 Å². The summed E-state index contributed by atoms with van der Waals surface area (Å²) in [5, 5.41) is 0. The molecule has 0 amide bonds. The molecule has 20 heavy (non-hydrogen) atoms. The molecule has 114 valence electrons. The van der Waals surface area contributed by atoms with E-state index in [2.05, 4.69) is 57.0 Å². The number of hydrogen-bond donors (Lipinski definition) is 1. The molecule has 1 atom stereocenters. The van der Waals surface area contributed by atoms with E-state index in [0.29, 0.717) is 0 Å². The van der Waals surface area contributed by atoms with Crippen LogP contribution < -0.4 is 5.73 Å². The molecular formula is C18H32N2. The lowest BCUT2D eigenvalue weighted by atomic mass is 9.88. The Hall–Kier alpha value is -0.860. The van der Waals surface area contributed by atoms with Gasteiger partial charge in [-0.3, -0.25) is 0 Å². The van der Waals surface area contributed by atoms with Gasteiger partial charge in [-0.25, -0.2) is 0 Å². The minimum absolute atomic E-state index is 0.751. The van der Waals surface area contributed by atoms with E-state index in [1.807, 2.05) is 0 Å². The monoisotopic (exact) mass is 276 g/mol. The lowest BCUT2D eigenvalue weighted by Crippen LogP contribution is -2.21. The van der Waals surface area contributed by atoms with Gasteiger partial charge in [-0.05, 0) is 63.7 Å². The summed E-state index contributed by atoms with van der Waals surface area (Å²) in [6.07, 6.45) is 3.73. The zero-order valence-electron chi connectivity index (χ0n) is 13.7. The van der Waals surface area contributed by atoms with Crippen LogP contribution in [-0.2, 0) is 6.54 Å². The molecule has 1 aromatic carbocycles. The summed E-state index contributed by atoms with van der Waals surface area (Å²) >= 11 is 0. The number of nitrogens with two attached hydrogens (primary N) is 1. The summed E-state index contributed by atoms with van der Waals surface area (Å²) < 4.78 is 0. The Kier molecular flexibility index (Phi) is 7.86. The Morgan fingerprint density at radius 2 is 1.95 bits per heavy atom. The smallest absolute Gasteiger partial charge is 0.0230 e. The normalized spacial score (nSPS) is 13.2. The first kappa shape index (κ1) is 17.2. The molecule has 1 unspecified atom stereocenters. The molecule has 0 saturated carbocycles. The Bertz CT molecular complexity index is 373. The van der Waals surface area contributed by atoms with E-state index in [1.54, 1.807) is 0 Å². The lowest BCUT2D eigenvalue weighted by molar-refractivity contribution is 0.278. The van der Waals surface area contributed by atoms with Gasteiger partial charge in [-0.2, -0.15) is 0 Å². The minimum Gasteiger partial charge on any atom is -0.330 e. The van der Waals surface area contributed by atoms with Crippen molar-refractivity contribution in [1.29, 1.82) is 0 Å². The van der Waals surface area contributed by atoms with Crippen molar-refractivity contribution in [2.75, 3.05) is 20.1 Å². The SMILES string of the molecule is Cc1cccc(CN(C)CCCC(CCN)C(C)C)c1. The van der Waals surface area contributed by atoms with Crippen molar-refractivity contribution < 1.29 is 0 Å². The summed E-state index contributed by atoms with van der Waals surface area (Å²) in [4.78, 5) is 2.43. The molecule has 0 aromatic heterocycles. The molecule has 1 aromatic rings. The van der Waals surface area contributed by atoms with Crippen LogP contribution in [0, 0.1) is 18.8 Å². The van der Waals surface area contributed by atoms with Gasteiger partial charge in [0.2, 0.25) is 0 Å². The molecule has 0 bridgehead atoms. The third kappa shape index (κ3) is 6.53. The Morgan fingerprint density at radius 1 is 1.20 bits per heavy atom. The first-order valence-corrected chi connectivity index (χ1v) is 7.97. The molecule has 0 heterocycles. The van der Waals surface area contributed by atoms with Crippen LogP contribution in [0.1, 0.15) is 44.2 Å². The molecule has 0 aliphatic rings. The van der Waals surface area contributed by atoms with Crippen LogP contribution >= 0.6 is 0 Å². The molecule has 0 spiro atoms. The highest BCUT2D eigenvalue weighted by molar-refractivity contribution is 5.21. The highest BCUT2D eigenvalue weighted by Crippen LogP contribution is 2.20. The van der Waals surface area contributed by atoms with Crippen LogP contribution in [0.3, 0.4) is 0 Å². The maximum absolute atomic E-state index is 5.70. The molecule has 1 rings (SSSR count). The van der Waals surface area contributed by atoms with Gasteiger partial charge in [0.1, 0.15) is 0 Å². The van der Waals surface area contributed by atoms with Gasteiger partial charge in [0.05, 0.1) is 0 Å². The summed E-state index contributed by atoms with van der Waals surface area (Å²) in [5.74, 6) is 1.54. The third-order valence-corrected chi connectivity index (χ3v) is 4.13. The highest BCUT2D eigenvalue weighted by Gasteiger charge is 2.12. The fourth-order valence-electron chi connectivity index (χ4n) is 2.85. The van der Waals surface area contributed by atoms with E-state index in [1.165, 1.54) is 36.9 Å². The van der Waals surface area contributed by atoms with Crippen LogP contribution in [0.4, 0.5) is 0 Å². The van der Waals surface area contributed by atoms with E-state index < -0.39 is 0 Å². The van der Waals surface area contributed by atoms with Gasteiger partial charge < -0.3 is 10.6 Å². The van der Waals surface area contributed by atoms with E-state index in [-0.39, 0.29) is 0 Å². The van der Waals surface area contributed by atoms with Crippen LogP contribution in [0.2, 0.25) is 0 Å². The predicted octanol–water partition coefficient (Wildman–Crippen LogP) is 3.83. The Labute approximate surface area is 125 Å². The van der Waals surface area contributed by atoms with Crippen molar-refractivity contribution in [2.45, 2.75) is 46.6 Å². The van der Waals surface area contributed by atoms with Crippen LogP contribution in [-0.4, -0.2) is 25.0 Å². The number of rotatable bonds is 9. The van der Waals surface area contributed by atoms with Gasteiger partial charge in [0.15, 0.2) is 0 Å². The van der Waals surface area contributed by atoms with E-state index >= 15 is 0 Å². The number of hydrogen-bond acceptors (Lipinski definition) is 2. The maximum atomic E-state index is 5.70. The molecule has 2 heteroatoms. The standard InChI is InChI=1S/C18H32N2/c1-15(2)18(10-11-19)9-6-12-20(4)14-17-8-5-7-16(3)13-17/h5,7-8,13,15,18H,6,9-12,14,19H2,1-4H3. The van der Waals surface area contributed by atoms with Crippen molar-refractivity contribution in [2.24, 2.45) is 17.6 Å². The van der Waals surface area contributed by atoms with E-state index in [4.69, 9.17) is 5.73 Å². The van der Waals surface area contributed by atoms with Crippen molar-refractivity contribution >= 4 is 0 Å². The van der Waals surface area contributed by atoms with Crippen molar-refractivity contribution in [3.05, 3.63) is 35.4 Å². The van der Waals surface area contributed by atoms with Gasteiger partial charge in [0.25, 0.3) is 0 Å². The van der Waals surface area contributed by atoms with Gasteiger partial charge in [-0.15, -0.1) is 0 Å². The lowest BCUT2D eigenvalue weighted by Gasteiger charge is -2.22. The fourth-order valence-corrected chi connectivity index (χ4v) is 2.85. The van der Waals surface area contributed by atoms with Crippen molar-refractivity contribution in [1.82, 2.24) is 4.90 Å². The first-order valence-electron chi connectivity index (χ1n) is 7.97. The fraction of sp³-hybridized carbons (Fsp3) is 0.667. The van der Waals surface area contributed by atoms with Gasteiger partial charge in [-0.1, -0.05) is 43.7 Å². The molecule has 0 aliphatic heterocycles. The summed E-state index contributed by atoms with van der Waals surface area (Å²) in [7, 11) is 2.22. The summed E-state index contributed by atoms with van der Waals surface area (Å²) in [5.41, 5.74) is 8.46. The number of benzene rings is 1. The molecule has 0 radical (unpaired) electrons. The zero-order chi connectivity index (χ0) is 15.0. The van der Waals surface area contributed by atoms with Gasteiger partial charge in [0, 0.05) is 6.54 Å². The second kappa shape index (κ2) is 9.15. The Morgan fingerprint density at radius 3 is 2.55 bits per heavy atom. The molecule has 0 saturated heterocycles. The average Bonchev–Trinajstić information content (AvgIpc) is 2.37. The topological polar surface area (TPSA) is 29.3 Å². The summed E-state index contributed by atoms with van der Waals surface area (Å²) in [6, 6.07) is 8.80. The third-order valence-electron chi connectivity index (χ3n) is 4.13. The largest absolute Gasteiger partial charge is 0.330 e. The van der Waals surface area contributed by atoms with E-state index in [9.17, 15) is 0 Å². The second-order valence-electron chi connectivity index (χ2n) is 6.45. The quantitative estimate of drug-likeness (QED) is 0.743. The number of nitrogens with zero attached hydrogens (tertiary/aromatic N) is 1. The first-order chi connectivity index (χ1) is 9.52. The van der Waals surface area contributed by atoms with Crippen molar-refractivity contribution in [3.63, 3.8) is 0 Å². The molecule has 2 N–H and O–H groups in total. The maximum Gasteiger partial charge on any atom is 0.0230 e. The molecule has 0 aliphatic carbocycles. The molecular weight excluding hydrogens is 244 g/mol. The summed E-state index contributed by atoms with van der Waals surface area (Å²) in [6.45, 7) is 9.83. The number of aryl methyl sites for hydroxylation is 1. The minimum atomic E-state index is 0.751. The van der Waals surface area contributed by atoms with Crippen LogP contribution in [0.15, 0.2) is 24.3 Å². The van der Waals surface area contributed by atoms with Crippen molar-refractivity contribution in [3.8, 4) is 0 Å².